The van der Waals surface area contributed by atoms with Crippen molar-refractivity contribution in [2.24, 2.45) is 0 Å². The van der Waals surface area contributed by atoms with Crippen LogP contribution in [0.4, 0.5) is 14.5 Å². The lowest BCUT2D eigenvalue weighted by Crippen LogP contribution is -2.16. The van der Waals surface area contributed by atoms with Crippen LogP contribution >= 0.6 is 31.9 Å². The molecule has 1 N–H and O–H groups in total. The number of nitrogens with one attached hydrogen (secondary N) is 1. The van der Waals surface area contributed by atoms with Crippen molar-refractivity contribution in [3.8, 4) is 0 Å². The number of halogens is 4. The van der Waals surface area contributed by atoms with E-state index < -0.39 is 26.6 Å². The van der Waals surface area contributed by atoms with E-state index in [-0.39, 0.29) is 4.47 Å². The quantitative estimate of drug-likeness (QED) is 0.758. The average molecular weight is 441 g/mol. The largest absolute Gasteiger partial charge is 0.279 e. The summed E-state index contributed by atoms with van der Waals surface area (Å²) in [6.07, 6.45) is 0. The van der Waals surface area contributed by atoms with Crippen molar-refractivity contribution >= 4 is 47.6 Å². The van der Waals surface area contributed by atoms with Crippen LogP contribution in [-0.2, 0) is 10.0 Å². The third kappa shape index (κ3) is 3.61. The average Bonchev–Trinajstić information content (AvgIpc) is 2.30. The Morgan fingerprint density at radius 2 is 1.76 bits per heavy atom. The second kappa shape index (κ2) is 6.02. The van der Waals surface area contributed by atoms with Gasteiger partial charge in [0.2, 0.25) is 0 Å². The maximum Gasteiger partial charge on any atom is 0.265 e. The summed E-state index contributed by atoms with van der Waals surface area (Å²) in [5.41, 5.74) is 0.973. The Labute approximate surface area is 137 Å². The highest BCUT2D eigenvalue weighted by molar-refractivity contribution is 9.10. The van der Waals surface area contributed by atoms with Crippen LogP contribution in [0.3, 0.4) is 0 Å². The molecular formula is C13H9Br2F2NO2S. The first kappa shape index (κ1) is 16.4. The standard InChI is InChI=1S/C13H9Br2F2NO2S/c1-7-4-8(14)2-3-12(7)18-21(19,20)13-10(15)5-9(16)6-11(13)17/h2-6,18H,1H3. The van der Waals surface area contributed by atoms with Crippen molar-refractivity contribution < 1.29 is 17.2 Å². The minimum atomic E-state index is -4.18. The van der Waals surface area contributed by atoms with Crippen LogP contribution in [0.15, 0.2) is 44.2 Å². The zero-order valence-corrected chi connectivity index (χ0v) is 14.6. The molecule has 0 saturated carbocycles. The van der Waals surface area contributed by atoms with Gasteiger partial charge in [-0.1, -0.05) is 15.9 Å². The number of hydrogen-bond acceptors (Lipinski definition) is 2. The highest BCUT2D eigenvalue weighted by atomic mass is 79.9. The van der Waals surface area contributed by atoms with Gasteiger partial charge in [0.1, 0.15) is 16.5 Å². The predicted octanol–water partition coefficient (Wildman–Crippen LogP) is 4.60. The van der Waals surface area contributed by atoms with Crippen molar-refractivity contribution in [1.29, 1.82) is 0 Å². The minimum Gasteiger partial charge on any atom is -0.279 e. The summed E-state index contributed by atoms with van der Waals surface area (Å²) in [6.45, 7) is 1.71. The van der Waals surface area contributed by atoms with Crippen LogP contribution in [-0.4, -0.2) is 8.42 Å². The van der Waals surface area contributed by atoms with E-state index >= 15 is 0 Å². The van der Waals surface area contributed by atoms with E-state index in [2.05, 4.69) is 36.6 Å². The molecule has 0 aromatic heterocycles. The van der Waals surface area contributed by atoms with Gasteiger partial charge >= 0.3 is 0 Å². The summed E-state index contributed by atoms with van der Waals surface area (Å²) in [5, 5.41) is 0. The Morgan fingerprint density at radius 1 is 1.10 bits per heavy atom. The summed E-state index contributed by atoms with van der Waals surface area (Å²) in [4.78, 5) is -0.633. The molecule has 0 heterocycles. The van der Waals surface area contributed by atoms with Gasteiger partial charge in [-0.05, 0) is 52.7 Å². The van der Waals surface area contributed by atoms with Crippen LogP contribution in [0.1, 0.15) is 5.56 Å². The van der Waals surface area contributed by atoms with Crippen LogP contribution < -0.4 is 4.72 Å². The van der Waals surface area contributed by atoms with E-state index in [9.17, 15) is 17.2 Å². The first-order valence-electron chi connectivity index (χ1n) is 5.64. The van der Waals surface area contributed by atoms with Gasteiger partial charge in [0.05, 0.1) is 5.69 Å². The van der Waals surface area contributed by atoms with Gasteiger partial charge in [-0.3, -0.25) is 4.72 Å². The van der Waals surface area contributed by atoms with Gasteiger partial charge in [0.15, 0.2) is 0 Å². The highest BCUT2D eigenvalue weighted by Gasteiger charge is 2.24. The molecular weight excluding hydrogens is 432 g/mol. The van der Waals surface area contributed by atoms with Crippen LogP contribution in [0, 0.1) is 18.6 Å². The van der Waals surface area contributed by atoms with Gasteiger partial charge in [-0.25, -0.2) is 17.2 Å². The highest BCUT2D eigenvalue weighted by Crippen LogP contribution is 2.29. The number of anilines is 1. The molecule has 0 radical (unpaired) electrons. The third-order valence-corrected chi connectivity index (χ3v) is 5.49. The molecule has 0 spiro atoms. The first-order chi connectivity index (χ1) is 9.70. The number of hydrogen-bond donors (Lipinski definition) is 1. The lowest BCUT2D eigenvalue weighted by Gasteiger charge is -2.12. The number of aryl methyl sites for hydroxylation is 1. The third-order valence-electron chi connectivity index (χ3n) is 2.66. The van der Waals surface area contributed by atoms with Gasteiger partial charge < -0.3 is 0 Å². The molecule has 0 fully saturated rings. The minimum absolute atomic E-state index is 0.178. The number of benzene rings is 2. The molecule has 112 valence electrons. The van der Waals surface area contributed by atoms with E-state index in [1.165, 1.54) is 0 Å². The fourth-order valence-electron chi connectivity index (χ4n) is 1.72. The Balaban J connectivity index is 2.48. The molecule has 0 amide bonds. The van der Waals surface area contributed by atoms with Crippen molar-refractivity contribution in [3.05, 3.63) is 56.5 Å². The predicted molar refractivity (Wildman–Crippen MR) is 83.7 cm³/mol. The lowest BCUT2D eigenvalue weighted by molar-refractivity contribution is 0.548. The summed E-state index contributed by atoms with van der Waals surface area (Å²) in [7, 11) is -4.18. The van der Waals surface area contributed by atoms with Crippen molar-refractivity contribution in [3.63, 3.8) is 0 Å². The van der Waals surface area contributed by atoms with E-state index in [4.69, 9.17) is 0 Å². The molecule has 0 aliphatic carbocycles. The molecule has 0 saturated heterocycles. The molecule has 2 aromatic rings. The summed E-state index contributed by atoms with van der Waals surface area (Å²) in [5.74, 6) is -2.03. The van der Waals surface area contributed by atoms with Crippen LogP contribution in [0.5, 0.6) is 0 Å². The van der Waals surface area contributed by atoms with Gasteiger partial charge in [-0.15, -0.1) is 0 Å². The molecule has 0 unspecified atom stereocenters. The van der Waals surface area contributed by atoms with Crippen LogP contribution in [0.2, 0.25) is 0 Å². The molecule has 2 rings (SSSR count). The Bertz CT molecular complexity index is 787. The maximum atomic E-state index is 13.8. The van der Waals surface area contributed by atoms with Crippen molar-refractivity contribution in [2.45, 2.75) is 11.8 Å². The summed E-state index contributed by atoms with van der Waals surface area (Å²) in [6, 6.07) is 6.33. The van der Waals surface area contributed by atoms with E-state index in [0.717, 1.165) is 10.5 Å². The monoisotopic (exact) mass is 439 g/mol. The van der Waals surface area contributed by atoms with Gasteiger partial charge in [0, 0.05) is 15.0 Å². The number of rotatable bonds is 3. The molecule has 0 atom stereocenters. The Kier molecular flexibility index (Phi) is 4.69. The summed E-state index contributed by atoms with van der Waals surface area (Å²) < 4.78 is 54.3. The van der Waals surface area contributed by atoms with Gasteiger partial charge in [-0.2, -0.15) is 0 Å². The molecule has 8 heteroatoms. The second-order valence-electron chi connectivity index (χ2n) is 4.26. The topological polar surface area (TPSA) is 46.2 Å². The van der Waals surface area contributed by atoms with Crippen molar-refractivity contribution in [1.82, 2.24) is 0 Å². The molecule has 0 bridgehead atoms. The normalized spacial score (nSPS) is 11.5. The molecule has 0 aliphatic rings. The Hall–Kier alpha value is -0.990. The molecule has 0 aliphatic heterocycles. The summed E-state index contributed by atoms with van der Waals surface area (Å²) >= 11 is 6.14. The molecule has 21 heavy (non-hydrogen) atoms. The van der Waals surface area contributed by atoms with E-state index in [0.29, 0.717) is 17.3 Å². The van der Waals surface area contributed by atoms with Gasteiger partial charge in [0.25, 0.3) is 10.0 Å². The fourth-order valence-corrected chi connectivity index (χ4v) is 4.50. The van der Waals surface area contributed by atoms with E-state index in [1.807, 2.05) is 0 Å². The SMILES string of the molecule is Cc1cc(Br)ccc1NS(=O)(=O)c1c(F)cc(F)cc1Br. The Morgan fingerprint density at radius 3 is 2.33 bits per heavy atom. The second-order valence-corrected chi connectivity index (χ2v) is 7.65. The fraction of sp³-hybridized carbons (Fsp3) is 0.0769. The maximum absolute atomic E-state index is 13.8. The van der Waals surface area contributed by atoms with Crippen molar-refractivity contribution in [2.75, 3.05) is 4.72 Å². The molecule has 2 aromatic carbocycles. The van der Waals surface area contributed by atoms with E-state index in [1.54, 1.807) is 25.1 Å². The molecule has 3 nitrogen and oxygen atoms in total. The lowest BCUT2D eigenvalue weighted by atomic mass is 10.2. The zero-order valence-electron chi connectivity index (χ0n) is 10.6. The smallest absolute Gasteiger partial charge is 0.265 e. The zero-order chi connectivity index (χ0) is 15.8. The first-order valence-corrected chi connectivity index (χ1v) is 8.71. The number of sulfonamides is 1. The van der Waals surface area contributed by atoms with Crippen LogP contribution in [0.25, 0.3) is 0 Å².